The van der Waals surface area contributed by atoms with Gasteiger partial charge in [-0.1, -0.05) is 6.07 Å². The highest BCUT2D eigenvalue weighted by Gasteiger charge is 2.10. The van der Waals surface area contributed by atoms with Crippen LogP contribution in [0.1, 0.15) is 18.4 Å². The summed E-state index contributed by atoms with van der Waals surface area (Å²) in [6, 6.07) is 6.02. The van der Waals surface area contributed by atoms with Crippen LogP contribution in [0.25, 0.3) is 0 Å². The van der Waals surface area contributed by atoms with Crippen LogP contribution in [0.4, 0.5) is 0 Å². The summed E-state index contributed by atoms with van der Waals surface area (Å²) in [5, 5.41) is 11.9. The van der Waals surface area contributed by atoms with E-state index in [4.69, 9.17) is 14.6 Å². The van der Waals surface area contributed by atoms with Gasteiger partial charge in [-0.2, -0.15) is 0 Å². The average molecular weight is 237 g/mol. The largest absolute Gasteiger partial charge is 0.490 e. The van der Waals surface area contributed by atoms with Gasteiger partial charge in [0.1, 0.15) is 0 Å². The number of aliphatic hydroxyl groups is 1. The predicted molar refractivity (Wildman–Crippen MR) is 65.5 cm³/mol. The lowest BCUT2D eigenvalue weighted by atomic mass is 10.2. The van der Waals surface area contributed by atoms with Gasteiger partial charge in [-0.15, -0.1) is 0 Å². The zero-order valence-corrected chi connectivity index (χ0v) is 9.95. The maximum absolute atomic E-state index is 8.68. The molecule has 0 saturated heterocycles. The Kier molecular flexibility index (Phi) is 4.64. The minimum atomic E-state index is 0.230. The summed E-state index contributed by atoms with van der Waals surface area (Å²) < 4.78 is 11.2. The van der Waals surface area contributed by atoms with Crippen molar-refractivity contribution in [1.82, 2.24) is 5.32 Å². The number of fused-ring (bicyclic) bond motifs is 1. The molecule has 0 spiro atoms. The molecule has 0 amide bonds. The van der Waals surface area contributed by atoms with Gasteiger partial charge in [0, 0.05) is 19.6 Å². The number of ether oxygens (including phenoxy) is 2. The van der Waals surface area contributed by atoms with E-state index in [0.717, 1.165) is 44.0 Å². The first-order chi connectivity index (χ1) is 8.40. The Balaban J connectivity index is 1.93. The zero-order chi connectivity index (χ0) is 11.9. The van der Waals surface area contributed by atoms with E-state index in [1.165, 1.54) is 5.56 Å². The van der Waals surface area contributed by atoms with Crippen LogP contribution >= 0.6 is 0 Å². The predicted octanol–water partition coefficient (Wildman–Crippen LogP) is 1.32. The first-order valence-corrected chi connectivity index (χ1v) is 6.10. The van der Waals surface area contributed by atoms with E-state index >= 15 is 0 Å². The van der Waals surface area contributed by atoms with Crippen molar-refractivity contribution >= 4 is 0 Å². The van der Waals surface area contributed by atoms with Crippen molar-refractivity contribution < 1.29 is 14.6 Å². The molecule has 17 heavy (non-hydrogen) atoms. The Labute approximate surface area is 102 Å². The molecular weight excluding hydrogens is 218 g/mol. The van der Waals surface area contributed by atoms with Crippen molar-refractivity contribution in [3.05, 3.63) is 23.8 Å². The maximum Gasteiger partial charge on any atom is 0.161 e. The zero-order valence-electron chi connectivity index (χ0n) is 9.95. The molecule has 2 rings (SSSR count). The SMILES string of the molecule is OCCCNCc1ccc2c(c1)OCCCO2. The fourth-order valence-corrected chi connectivity index (χ4v) is 1.75. The topological polar surface area (TPSA) is 50.7 Å². The Bertz CT molecular complexity index is 355. The van der Waals surface area contributed by atoms with Crippen molar-refractivity contribution in [2.24, 2.45) is 0 Å². The lowest BCUT2D eigenvalue weighted by Crippen LogP contribution is -2.15. The second kappa shape index (κ2) is 6.47. The molecule has 1 aliphatic heterocycles. The second-order valence-electron chi connectivity index (χ2n) is 4.09. The molecule has 0 radical (unpaired) electrons. The molecule has 2 N–H and O–H groups in total. The molecule has 0 atom stereocenters. The summed E-state index contributed by atoms with van der Waals surface area (Å²) in [5.41, 5.74) is 1.17. The van der Waals surface area contributed by atoms with E-state index in [1.54, 1.807) is 0 Å². The third-order valence-corrected chi connectivity index (χ3v) is 2.65. The normalized spacial score (nSPS) is 14.4. The molecule has 0 aromatic heterocycles. The number of hydrogen-bond donors (Lipinski definition) is 2. The van der Waals surface area contributed by atoms with Crippen molar-refractivity contribution in [2.75, 3.05) is 26.4 Å². The fraction of sp³-hybridized carbons (Fsp3) is 0.538. The van der Waals surface area contributed by atoms with Crippen LogP contribution in [-0.2, 0) is 6.54 Å². The number of hydrogen-bond acceptors (Lipinski definition) is 4. The number of rotatable bonds is 5. The van der Waals surface area contributed by atoms with Crippen LogP contribution in [0.3, 0.4) is 0 Å². The third-order valence-electron chi connectivity index (χ3n) is 2.65. The van der Waals surface area contributed by atoms with Gasteiger partial charge in [0.25, 0.3) is 0 Å². The molecule has 0 fully saturated rings. The Morgan fingerprint density at radius 1 is 1.18 bits per heavy atom. The van der Waals surface area contributed by atoms with Crippen molar-refractivity contribution in [3.63, 3.8) is 0 Å². The smallest absolute Gasteiger partial charge is 0.161 e. The van der Waals surface area contributed by atoms with Gasteiger partial charge in [-0.25, -0.2) is 0 Å². The highest BCUT2D eigenvalue weighted by Crippen LogP contribution is 2.30. The molecule has 0 saturated carbocycles. The monoisotopic (exact) mass is 237 g/mol. The number of nitrogens with one attached hydrogen (secondary N) is 1. The molecule has 0 unspecified atom stereocenters. The summed E-state index contributed by atoms with van der Waals surface area (Å²) in [4.78, 5) is 0. The molecule has 4 nitrogen and oxygen atoms in total. The van der Waals surface area contributed by atoms with Crippen LogP contribution in [0, 0.1) is 0 Å². The van der Waals surface area contributed by atoms with Gasteiger partial charge in [0.15, 0.2) is 11.5 Å². The molecule has 1 aromatic carbocycles. The van der Waals surface area contributed by atoms with Gasteiger partial charge < -0.3 is 19.9 Å². The molecule has 1 aromatic rings. The van der Waals surface area contributed by atoms with Gasteiger partial charge in [0.05, 0.1) is 13.2 Å². The van der Waals surface area contributed by atoms with Crippen molar-refractivity contribution in [2.45, 2.75) is 19.4 Å². The van der Waals surface area contributed by atoms with Crippen molar-refractivity contribution in [3.8, 4) is 11.5 Å². The molecule has 94 valence electrons. The lowest BCUT2D eigenvalue weighted by Gasteiger charge is -2.09. The maximum atomic E-state index is 8.68. The van der Waals surface area contributed by atoms with Crippen LogP contribution in [-0.4, -0.2) is 31.5 Å². The fourth-order valence-electron chi connectivity index (χ4n) is 1.75. The number of benzene rings is 1. The summed E-state index contributed by atoms with van der Waals surface area (Å²) in [7, 11) is 0. The third kappa shape index (κ3) is 3.61. The van der Waals surface area contributed by atoms with Crippen LogP contribution in [0.5, 0.6) is 11.5 Å². The van der Waals surface area contributed by atoms with Gasteiger partial charge in [-0.05, 0) is 30.7 Å². The van der Waals surface area contributed by atoms with Gasteiger partial charge in [0.2, 0.25) is 0 Å². The van der Waals surface area contributed by atoms with E-state index in [0.29, 0.717) is 6.61 Å². The Morgan fingerprint density at radius 3 is 2.82 bits per heavy atom. The average Bonchev–Trinajstić information content (AvgIpc) is 2.59. The first-order valence-electron chi connectivity index (χ1n) is 6.10. The Morgan fingerprint density at radius 2 is 2.00 bits per heavy atom. The van der Waals surface area contributed by atoms with Crippen LogP contribution in [0.2, 0.25) is 0 Å². The molecule has 0 aliphatic carbocycles. The Hall–Kier alpha value is -1.26. The van der Waals surface area contributed by atoms with E-state index < -0.39 is 0 Å². The molecule has 0 bridgehead atoms. The minimum Gasteiger partial charge on any atom is -0.490 e. The molecule has 1 aliphatic rings. The number of aliphatic hydroxyl groups excluding tert-OH is 1. The minimum absolute atomic E-state index is 0.230. The molecule has 1 heterocycles. The standard InChI is InChI=1S/C13H19NO3/c15-6-1-5-14-10-11-3-4-12-13(9-11)17-8-2-7-16-12/h3-4,9,14-15H,1-2,5-8,10H2. The lowest BCUT2D eigenvalue weighted by molar-refractivity contribution is 0.286. The quantitative estimate of drug-likeness (QED) is 0.758. The van der Waals surface area contributed by atoms with Crippen LogP contribution in [0.15, 0.2) is 18.2 Å². The first kappa shape index (κ1) is 12.2. The van der Waals surface area contributed by atoms with Crippen molar-refractivity contribution in [1.29, 1.82) is 0 Å². The highest BCUT2D eigenvalue weighted by atomic mass is 16.5. The summed E-state index contributed by atoms with van der Waals surface area (Å²) in [6.07, 6.45) is 1.71. The van der Waals surface area contributed by atoms with E-state index in [2.05, 4.69) is 5.32 Å². The summed E-state index contributed by atoms with van der Waals surface area (Å²) in [6.45, 7) is 3.28. The van der Waals surface area contributed by atoms with E-state index in [-0.39, 0.29) is 6.61 Å². The van der Waals surface area contributed by atoms with Crippen LogP contribution < -0.4 is 14.8 Å². The highest BCUT2D eigenvalue weighted by molar-refractivity contribution is 5.43. The molecule has 4 heteroatoms. The summed E-state index contributed by atoms with van der Waals surface area (Å²) >= 11 is 0. The summed E-state index contributed by atoms with van der Waals surface area (Å²) in [5.74, 6) is 1.67. The van der Waals surface area contributed by atoms with E-state index in [1.807, 2.05) is 18.2 Å². The molecular formula is C13H19NO3. The van der Waals surface area contributed by atoms with Gasteiger partial charge >= 0.3 is 0 Å². The van der Waals surface area contributed by atoms with Gasteiger partial charge in [-0.3, -0.25) is 0 Å². The van der Waals surface area contributed by atoms with E-state index in [9.17, 15) is 0 Å². The second-order valence-corrected chi connectivity index (χ2v) is 4.09.